The Kier molecular flexibility index (Phi) is 5.36. The van der Waals surface area contributed by atoms with Crippen molar-refractivity contribution in [1.82, 2.24) is 5.32 Å². The summed E-state index contributed by atoms with van der Waals surface area (Å²) in [5.74, 6) is -0.227. The van der Waals surface area contributed by atoms with Crippen LogP contribution in [0.1, 0.15) is 24.0 Å². The average Bonchev–Trinajstić information content (AvgIpc) is 2.94. The summed E-state index contributed by atoms with van der Waals surface area (Å²) in [6.45, 7) is 4.61. The van der Waals surface area contributed by atoms with Gasteiger partial charge in [0.05, 0.1) is 0 Å². The van der Waals surface area contributed by atoms with Crippen LogP contribution in [0.2, 0.25) is 0 Å². The molecule has 1 heterocycles. The van der Waals surface area contributed by atoms with E-state index >= 15 is 0 Å². The van der Waals surface area contributed by atoms with Crippen LogP contribution in [0.3, 0.4) is 0 Å². The quantitative estimate of drug-likeness (QED) is 0.628. The molecule has 4 nitrogen and oxygen atoms in total. The van der Waals surface area contributed by atoms with Crippen LogP contribution < -0.4 is 5.32 Å². The van der Waals surface area contributed by atoms with Crippen molar-refractivity contribution in [1.29, 1.82) is 0 Å². The van der Waals surface area contributed by atoms with Crippen LogP contribution in [0.15, 0.2) is 24.3 Å². The molecule has 1 N–H and O–H groups in total. The minimum atomic E-state index is -0.337. The van der Waals surface area contributed by atoms with Crippen LogP contribution in [0.5, 0.6) is 0 Å². The van der Waals surface area contributed by atoms with Crippen molar-refractivity contribution in [3.05, 3.63) is 35.4 Å². The number of carbonyl (C=O) groups excluding carboxylic acids is 1. The molecule has 0 amide bonds. The molecule has 0 bridgehead atoms. The Hall–Kier alpha value is -1.39. The predicted octanol–water partition coefficient (Wildman–Crippen LogP) is 1.81. The zero-order chi connectivity index (χ0) is 13.5. The molecule has 0 aromatic heterocycles. The van der Waals surface area contributed by atoms with E-state index in [9.17, 15) is 4.79 Å². The highest BCUT2D eigenvalue weighted by Crippen LogP contribution is 2.13. The summed E-state index contributed by atoms with van der Waals surface area (Å²) in [5.41, 5.74) is 2.54. The number of hydrogen-bond acceptors (Lipinski definition) is 4. The molecule has 104 valence electrons. The molecule has 0 spiro atoms. The summed E-state index contributed by atoms with van der Waals surface area (Å²) < 4.78 is 10.4. The van der Waals surface area contributed by atoms with E-state index in [4.69, 9.17) is 9.47 Å². The highest BCUT2D eigenvalue weighted by atomic mass is 16.6. The summed E-state index contributed by atoms with van der Waals surface area (Å²) in [5, 5.41) is 3.27. The van der Waals surface area contributed by atoms with E-state index in [0.717, 1.165) is 19.4 Å². The van der Waals surface area contributed by atoms with Gasteiger partial charge in [-0.3, -0.25) is 0 Å². The second kappa shape index (κ2) is 7.26. The lowest BCUT2D eigenvalue weighted by atomic mass is 10.1. The van der Waals surface area contributed by atoms with Crippen LogP contribution in [-0.4, -0.2) is 31.8 Å². The van der Waals surface area contributed by atoms with E-state index < -0.39 is 0 Å². The Bertz CT molecular complexity index is 414. The van der Waals surface area contributed by atoms with Gasteiger partial charge < -0.3 is 14.8 Å². The fourth-order valence-corrected chi connectivity index (χ4v) is 2.11. The van der Waals surface area contributed by atoms with Gasteiger partial charge in [-0.05, 0) is 30.9 Å². The number of rotatable bonds is 6. The first-order chi connectivity index (χ1) is 9.27. The van der Waals surface area contributed by atoms with Gasteiger partial charge in [0.25, 0.3) is 0 Å². The maximum atomic E-state index is 11.6. The highest BCUT2D eigenvalue weighted by molar-refractivity contribution is 5.74. The van der Waals surface area contributed by atoms with E-state index in [2.05, 4.69) is 24.4 Å². The molecule has 1 aliphatic heterocycles. The van der Waals surface area contributed by atoms with Gasteiger partial charge in [0.2, 0.25) is 0 Å². The van der Waals surface area contributed by atoms with E-state index in [0.29, 0.717) is 19.8 Å². The molecular formula is C15H21NO3. The number of nitrogens with one attached hydrogen (secondary N) is 1. The van der Waals surface area contributed by atoms with Crippen molar-refractivity contribution < 1.29 is 14.3 Å². The second-order valence-corrected chi connectivity index (χ2v) is 4.77. The number of carbonyl (C=O) groups is 1. The Balaban J connectivity index is 1.59. The van der Waals surface area contributed by atoms with E-state index in [1.807, 2.05) is 12.1 Å². The molecular weight excluding hydrogens is 242 g/mol. The molecule has 4 heteroatoms. The van der Waals surface area contributed by atoms with Crippen LogP contribution in [0, 0.1) is 6.92 Å². The van der Waals surface area contributed by atoms with Gasteiger partial charge >= 0.3 is 5.97 Å². The Morgan fingerprint density at radius 2 is 2.32 bits per heavy atom. The Morgan fingerprint density at radius 1 is 1.47 bits per heavy atom. The Labute approximate surface area is 114 Å². The van der Waals surface area contributed by atoms with Crippen molar-refractivity contribution in [2.75, 3.05) is 19.8 Å². The predicted molar refractivity (Wildman–Crippen MR) is 72.8 cm³/mol. The SMILES string of the molecule is Cc1ccccc1CNCCOC(=O)C1CCCO1. The third kappa shape index (κ3) is 4.33. The minimum absolute atomic E-state index is 0.227. The molecule has 1 atom stereocenters. The molecule has 1 aromatic rings. The van der Waals surface area contributed by atoms with Crippen molar-refractivity contribution in [3.63, 3.8) is 0 Å². The third-order valence-electron chi connectivity index (χ3n) is 3.29. The first kappa shape index (κ1) is 14.0. The summed E-state index contributed by atoms with van der Waals surface area (Å²) in [7, 11) is 0. The molecule has 2 rings (SSSR count). The molecule has 1 aliphatic rings. The maximum absolute atomic E-state index is 11.6. The van der Waals surface area contributed by atoms with Crippen molar-refractivity contribution >= 4 is 5.97 Å². The first-order valence-corrected chi connectivity index (χ1v) is 6.81. The molecule has 1 unspecified atom stereocenters. The minimum Gasteiger partial charge on any atom is -0.462 e. The van der Waals surface area contributed by atoms with Crippen LogP contribution in [-0.2, 0) is 20.8 Å². The van der Waals surface area contributed by atoms with Gasteiger partial charge in [-0.1, -0.05) is 24.3 Å². The molecule has 1 fully saturated rings. The van der Waals surface area contributed by atoms with Gasteiger partial charge in [-0.25, -0.2) is 4.79 Å². The monoisotopic (exact) mass is 263 g/mol. The van der Waals surface area contributed by atoms with E-state index in [1.54, 1.807) is 0 Å². The standard InChI is InChI=1S/C15H21NO3/c1-12-5-2-3-6-13(12)11-16-8-10-19-15(17)14-7-4-9-18-14/h2-3,5-6,14,16H,4,7-11H2,1H3. The topological polar surface area (TPSA) is 47.6 Å². The van der Waals surface area contributed by atoms with E-state index in [-0.39, 0.29) is 12.1 Å². The second-order valence-electron chi connectivity index (χ2n) is 4.77. The summed E-state index contributed by atoms with van der Waals surface area (Å²) in [6.07, 6.45) is 1.40. The summed E-state index contributed by atoms with van der Waals surface area (Å²) >= 11 is 0. The normalized spacial score (nSPS) is 18.5. The largest absolute Gasteiger partial charge is 0.462 e. The van der Waals surface area contributed by atoms with Gasteiger partial charge in [0.15, 0.2) is 6.10 Å². The van der Waals surface area contributed by atoms with Crippen molar-refractivity contribution in [2.24, 2.45) is 0 Å². The fraction of sp³-hybridized carbons (Fsp3) is 0.533. The summed E-state index contributed by atoms with van der Waals surface area (Å²) in [6, 6.07) is 8.25. The maximum Gasteiger partial charge on any atom is 0.335 e. The molecule has 1 aromatic carbocycles. The van der Waals surface area contributed by atoms with Crippen LogP contribution >= 0.6 is 0 Å². The highest BCUT2D eigenvalue weighted by Gasteiger charge is 2.24. The van der Waals surface area contributed by atoms with Crippen molar-refractivity contribution in [2.45, 2.75) is 32.4 Å². The fourth-order valence-electron chi connectivity index (χ4n) is 2.11. The molecule has 19 heavy (non-hydrogen) atoms. The number of benzene rings is 1. The summed E-state index contributed by atoms with van der Waals surface area (Å²) in [4.78, 5) is 11.6. The molecule has 1 saturated heterocycles. The van der Waals surface area contributed by atoms with Crippen LogP contribution in [0.25, 0.3) is 0 Å². The Morgan fingerprint density at radius 3 is 3.05 bits per heavy atom. The lowest BCUT2D eigenvalue weighted by Gasteiger charge is -2.11. The van der Waals surface area contributed by atoms with Gasteiger partial charge in [0, 0.05) is 19.7 Å². The number of ether oxygens (including phenoxy) is 2. The molecule has 0 radical (unpaired) electrons. The van der Waals surface area contributed by atoms with Gasteiger partial charge in [0.1, 0.15) is 6.61 Å². The smallest absolute Gasteiger partial charge is 0.335 e. The molecule has 0 saturated carbocycles. The zero-order valence-electron chi connectivity index (χ0n) is 11.4. The number of hydrogen-bond donors (Lipinski definition) is 1. The van der Waals surface area contributed by atoms with Gasteiger partial charge in [-0.2, -0.15) is 0 Å². The first-order valence-electron chi connectivity index (χ1n) is 6.81. The number of esters is 1. The number of aryl methyl sites for hydroxylation is 1. The van der Waals surface area contributed by atoms with Crippen LogP contribution in [0.4, 0.5) is 0 Å². The lowest BCUT2D eigenvalue weighted by molar-refractivity contribution is -0.154. The van der Waals surface area contributed by atoms with Gasteiger partial charge in [-0.15, -0.1) is 0 Å². The third-order valence-corrected chi connectivity index (χ3v) is 3.29. The average molecular weight is 263 g/mol. The van der Waals surface area contributed by atoms with Crippen molar-refractivity contribution in [3.8, 4) is 0 Å². The van der Waals surface area contributed by atoms with E-state index in [1.165, 1.54) is 11.1 Å². The lowest BCUT2D eigenvalue weighted by Crippen LogP contribution is -2.26. The zero-order valence-corrected chi connectivity index (χ0v) is 11.4. The molecule has 0 aliphatic carbocycles.